The number of amides is 1. The lowest BCUT2D eigenvalue weighted by molar-refractivity contribution is 0.0727. The van der Waals surface area contributed by atoms with Gasteiger partial charge in [0.05, 0.1) is 18.3 Å². The molecule has 5 rings (SSSR count). The van der Waals surface area contributed by atoms with Crippen LogP contribution in [0.5, 0.6) is 5.75 Å². The fraction of sp³-hybridized carbons (Fsp3) is 0.321. The van der Waals surface area contributed by atoms with Gasteiger partial charge in [0.25, 0.3) is 5.91 Å². The van der Waals surface area contributed by atoms with Crippen LogP contribution >= 0.6 is 0 Å². The number of nitrogens with one attached hydrogen (secondary N) is 1. The molecule has 1 amide bonds. The Hall–Kier alpha value is -3.78. The van der Waals surface area contributed by atoms with Gasteiger partial charge >= 0.3 is 0 Å². The van der Waals surface area contributed by atoms with Gasteiger partial charge in [-0.05, 0) is 68.8 Å². The van der Waals surface area contributed by atoms with Crippen LogP contribution in [0.4, 0.5) is 4.39 Å². The molecule has 1 fully saturated rings. The first-order valence-corrected chi connectivity index (χ1v) is 12.4. The maximum Gasteiger partial charge on any atom is 0.254 e. The molecular formula is C28H30FN5O2. The summed E-state index contributed by atoms with van der Waals surface area (Å²) < 4.78 is 19.8. The number of aromatic amines is 1. The molecule has 0 saturated carbocycles. The van der Waals surface area contributed by atoms with Gasteiger partial charge in [-0.3, -0.25) is 14.9 Å². The maximum absolute atomic E-state index is 13.9. The van der Waals surface area contributed by atoms with Gasteiger partial charge in [-0.15, -0.1) is 0 Å². The third-order valence-corrected chi connectivity index (χ3v) is 6.63. The van der Waals surface area contributed by atoms with Gasteiger partial charge in [-0.2, -0.15) is 5.10 Å². The number of likely N-dealkylation sites (tertiary alicyclic amines) is 1. The van der Waals surface area contributed by atoms with Crippen molar-refractivity contribution >= 4 is 16.8 Å². The Balaban J connectivity index is 1.45. The van der Waals surface area contributed by atoms with Crippen molar-refractivity contribution < 1.29 is 13.9 Å². The predicted octanol–water partition coefficient (Wildman–Crippen LogP) is 4.90. The standard InChI is InChI=1S/C28H30FN5O2/c1-2-36-26-15-21(8-9-25(26)20-6-5-7-24(29)14-20)28(35)34(13-12-33-10-3-4-11-33)19-23-17-30-16-22-18-31-32-27(22)23/h5-9,14-18H,2-4,10-13,19H2,1H3,(H,31,32). The van der Waals surface area contributed by atoms with Crippen LogP contribution < -0.4 is 4.74 Å². The van der Waals surface area contributed by atoms with E-state index in [1.54, 1.807) is 36.8 Å². The highest BCUT2D eigenvalue weighted by Crippen LogP contribution is 2.32. The Kier molecular flexibility index (Phi) is 7.23. The highest BCUT2D eigenvalue weighted by molar-refractivity contribution is 5.96. The molecule has 3 heterocycles. The number of carbonyl (C=O) groups is 1. The van der Waals surface area contributed by atoms with Crippen molar-refractivity contribution in [1.29, 1.82) is 0 Å². The summed E-state index contributed by atoms with van der Waals surface area (Å²) in [5.74, 6) is 0.160. The van der Waals surface area contributed by atoms with Gasteiger partial charge in [-0.1, -0.05) is 12.1 Å². The lowest BCUT2D eigenvalue weighted by atomic mass is 10.0. The van der Waals surface area contributed by atoms with E-state index in [2.05, 4.69) is 20.1 Å². The van der Waals surface area contributed by atoms with Crippen LogP contribution in [0.25, 0.3) is 22.0 Å². The normalized spacial score (nSPS) is 13.8. The first-order chi connectivity index (χ1) is 17.6. The minimum absolute atomic E-state index is 0.0857. The minimum Gasteiger partial charge on any atom is -0.493 e. The summed E-state index contributed by atoms with van der Waals surface area (Å²) in [5.41, 5.74) is 3.80. The number of benzene rings is 2. The SMILES string of the molecule is CCOc1cc(C(=O)N(CCN2CCCC2)Cc2cncc3cn[nH]c23)ccc1-c1cccc(F)c1. The van der Waals surface area contributed by atoms with Crippen molar-refractivity contribution in [2.45, 2.75) is 26.3 Å². The summed E-state index contributed by atoms with van der Waals surface area (Å²) >= 11 is 0. The van der Waals surface area contributed by atoms with Crippen molar-refractivity contribution in [3.63, 3.8) is 0 Å². The molecule has 2 aromatic heterocycles. The molecule has 7 nitrogen and oxygen atoms in total. The zero-order chi connectivity index (χ0) is 24.9. The summed E-state index contributed by atoms with van der Waals surface area (Å²) in [6, 6.07) is 11.8. The summed E-state index contributed by atoms with van der Waals surface area (Å²) in [5, 5.41) is 8.09. The van der Waals surface area contributed by atoms with Crippen molar-refractivity contribution in [2.75, 3.05) is 32.8 Å². The zero-order valence-electron chi connectivity index (χ0n) is 20.4. The van der Waals surface area contributed by atoms with Crippen LogP contribution in [0.3, 0.4) is 0 Å². The van der Waals surface area contributed by atoms with E-state index in [0.717, 1.165) is 41.7 Å². The fourth-order valence-corrected chi connectivity index (χ4v) is 4.78. The molecular weight excluding hydrogens is 457 g/mol. The van der Waals surface area contributed by atoms with Gasteiger partial charge in [0.2, 0.25) is 0 Å². The number of fused-ring (bicyclic) bond motifs is 1. The number of ether oxygens (including phenoxy) is 1. The first-order valence-electron chi connectivity index (χ1n) is 12.4. The molecule has 2 aromatic carbocycles. The molecule has 0 radical (unpaired) electrons. The topological polar surface area (TPSA) is 74.3 Å². The minimum atomic E-state index is -0.315. The molecule has 1 aliphatic rings. The Bertz CT molecular complexity index is 1350. The van der Waals surface area contributed by atoms with Gasteiger partial charge < -0.3 is 14.5 Å². The summed E-state index contributed by atoms with van der Waals surface area (Å²) in [6.07, 6.45) is 7.68. The number of rotatable bonds is 9. The lowest BCUT2D eigenvalue weighted by Gasteiger charge is -2.26. The molecule has 8 heteroatoms. The van der Waals surface area contributed by atoms with Gasteiger partial charge in [0.15, 0.2) is 0 Å². The highest BCUT2D eigenvalue weighted by Gasteiger charge is 2.22. The molecule has 0 spiro atoms. The van der Waals surface area contributed by atoms with E-state index in [9.17, 15) is 9.18 Å². The number of carbonyl (C=O) groups excluding carboxylic acids is 1. The van der Waals surface area contributed by atoms with Crippen molar-refractivity contribution in [3.05, 3.63) is 78.0 Å². The molecule has 186 valence electrons. The molecule has 1 N–H and O–H groups in total. The van der Waals surface area contributed by atoms with Crippen LogP contribution in [-0.2, 0) is 6.54 Å². The summed E-state index contributed by atoms with van der Waals surface area (Å²) in [7, 11) is 0. The third-order valence-electron chi connectivity index (χ3n) is 6.63. The van der Waals surface area contributed by atoms with Crippen LogP contribution in [0.15, 0.2) is 61.1 Å². The average molecular weight is 488 g/mol. The molecule has 0 aliphatic carbocycles. The number of hydrogen-bond acceptors (Lipinski definition) is 5. The monoisotopic (exact) mass is 487 g/mol. The van der Waals surface area contributed by atoms with Crippen molar-refractivity contribution in [3.8, 4) is 16.9 Å². The van der Waals surface area contributed by atoms with E-state index in [0.29, 0.717) is 36.6 Å². The molecule has 4 aromatic rings. The molecule has 0 bridgehead atoms. The molecule has 0 unspecified atom stereocenters. The number of aromatic nitrogens is 3. The van der Waals surface area contributed by atoms with Gasteiger partial charge in [0.1, 0.15) is 11.6 Å². The average Bonchev–Trinajstić information content (AvgIpc) is 3.59. The Morgan fingerprint density at radius 1 is 1.14 bits per heavy atom. The molecule has 1 saturated heterocycles. The second-order valence-corrected chi connectivity index (χ2v) is 9.06. The first kappa shape index (κ1) is 23.9. The Morgan fingerprint density at radius 2 is 2.00 bits per heavy atom. The number of halogens is 1. The third kappa shape index (κ3) is 5.23. The highest BCUT2D eigenvalue weighted by atomic mass is 19.1. The smallest absolute Gasteiger partial charge is 0.254 e. The largest absolute Gasteiger partial charge is 0.493 e. The van der Waals surface area contributed by atoms with E-state index in [4.69, 9.17) is 4.74 Å². The van der Waals surface area contributed by atoms with E-state index in [1.807, 2.05) is 24.0 Å². The van der Waals surface area contributed by atoms with Crippen LogP contribution in [0.1, 0.15) is 35.7 Å². The van der Waals surface area contributed by atoms with Crippen molar-refractivity contribution in [1.82, 2.24) is 25.0 Å². The summed E-state index contributed by atoms with van der Waals surface area (Å²) in [6.45, 7) is 6.29. The van der Waals surface area contributed by atoms with E-state index < -0.39 is 0 Å². The van der Waals surface area contributed by atoms with Gasteiger partial charge in [0, 0.05) is 54.1 Å². The molecule has 36 heavy (non-hydrogen) atoms. The second-order valence-electron chi connectivity index (χ2n) is 9.06. The van der Waals surface area contributed by atoms with E-state index >= 15 is 0 Å². The van der Waals surface area contributed by atoms with Crippen LogP contribution in [0, 0.1) is 5.82 Å². The zero-order valence-corrected chi connectivity index (χ0v) is 20.4. The van der Waals surface area contributed by atoms with Crippen molar-refractivity contribution in [2.24, 2.45) is 0 Å². The molecule has 1 aliphatic heterocycles. The molecule has 0 atom stereocenters. The maximum atomic E-state index is 13.9. The number of pyridine rings is 1. The Morgan fingerprint density at radius 3 is 2.81 bits per heavy atom. The number of H-pyrrole nitrogens is 1. The van der Waals surface area contributed by atoms with Crippen LogP contribution in [0.2, 0.25) is 0 Å². The number of hydrogen-bond donors (Lipinski definition) is 1. The van der Waals surface area contributed by atoms with E-state index in [1.165, 1.54) is 25.0 Å². The van der Waals surface area contributed by atoms with Gasteiger partial charge in [-0.25, -0.2) is 4.39 Å². The quantitative estimate of drug-likeness (QED) is 0.364. The predicted molar refractivity (Wildman–Crippen MR) is 137 cm³/mol. The second kappa shape index (κ2) is 10.9. The number of nitrogens with zero attached hydrogens (tertiary/aromatic N) is 4. The lowest BCUT2D eigenvalue weighted by Crippen LogP contribution is -2.37. The fourth-order valence-electron chi connectivity index (χ4n) is 4.78. The van der Waals surface area contributed by atoms with Crippen LogP contribution in [-0.4, -0.2) is 63.7 Å². The summed E-state index contributed by atoms with van der Waals surface area (Å²) in [4.78, 5) is 22.4. The van der Waals surface area contributed by atoms with E-state index in [-0.39, 0.29) is 11.7 Å². The Labute approximate surface area is 209 Å².